The predicted molar refractivity (Wildman–Crippen MR) is 131 cm³/mol. The molecule has 3 aromatic carbocycles. The van der Waals surface area contributed by atoms with E-state index in [2.05, 4.69) is 5.32 Å². The Morgan fingerprint density at radius 1 is 0.971 bits per heavy atom. The molecule has 0 unspecified atom stereocenters. The molecule has 0 aliphatic rings. The quantitative estimate of drug-likeness (QED) is 0.337. The van der Waals surface area contributed by atoms with Crippen LogP contribution in [0.3, 0.4) is 0 Å². The third-order valence-corrected chi connectivity index (χ3v) is 5.31. The van der Waals surface area contributed by atoms with Gasteiger partial charge in [-0.05, 0) is 55.0 Å². The van der Waals surface area contributed by atoms with Gasteiger partial charge in [0.25, 0.3) is 11.5 Å². The van der Waals surface area contributed by atoms with Crippen molar-refractivity contribution in [2.24, 2.45) is 7.05 Å². The van der Waals surface area contributed by atoms with Gasteiger partial charge in [-0.2, -0.15) is 5.26 Å². The van der Waals surface area contributed by atoms with Gasteiger partial charge in [-0.3, -0.25) is 14.3 Å². The van der Waals surface area contributed by atoms with Crippen LogP contribution in [-0.4, -0.2) is 15.3 Å². The van der Waals surface area contributed by atoms with E-state index in [-0.39, 0.29) is 16.8 Å². The van der Waals surface area contributed by atoms with Crippen LogP contribution < -0.4 is 15.6 Å². The summed E-state index contributed by atoms with van der Waals surface area (Å²) < 4.78 is 8.94. The fraction of sp³-hybridized carbons (Fsp3) is 0.0741. The molecule has 0 radical (unpaired) electrons. The molecule has 1 aromatic heterocycles. The van der Waals surface area contributed by atoms with E-state index in [1.54, 1.807) is 55.1 Å². The van der Waals surface area contributed by atoms with Crippen molar-refractivity contribution in [2.75, 3.05) is 5.32 Å². The summed E-state index contributed by atoms with van der Waals surface area (Å²) in [5, 5.41) is 12.2. The summed E-state index contributed by atoms with van der Waals surface area (Å²) in [6.07, 6.45) is 1.46. The van der Waals surface area contributed by atoms with E-state index < -0.39 is 5.91 Å². The summed E-state index contributed by atoms with van der Waals surface area (Å²) in [6.45, 7) is 1.73. The van der Waals surface area contributed by atoms with Crippen molar-refractivity contribution in [1.82, 2.24) is 9.36 Å². The third kappa shape index (κ3) is 4.66. The van der Waals surface area contributed by atoms with Crippen LogP contribution in [-0.2, 0) is 11.8 Å². The van der Waals surface area contributed by atoms with Gasteiger partial charge in [0.15, 0.2) is 0 Å². The van der Waals surface area contributed by atoms with E-state index in [1.807, 2.05) is 54.6 Å². The number of anilines is 1. The van der Waals surface area contributed by atoms with Crippen molar-refractivity contribution in [1.29, 1.82) is 5.26 Å². The first kappa shape index (κ1) is 22.4. The standard InChI is InChI=1S/C27H22N4O3/c1-19-25(27(33)31(30(19)2)22-11-5-3-6-12-22)29-26(32)21(18-28)16-20-10-9-15-24(17-20)34-23-13-7-4-8-14-23/h3-17H,1-2H3,(H,29,32)/b21-16+. The zero-order valence-corrected chi connectivity index (χ0v) is 18.7. The van der Waals surface area contributed by atoms with E-state index in [9.17, 15) is 14.9 Å². The number of ether oxygens (including phenoxy) is 1. The van der Waals surface area contributed by atoms with Gasteiger partial charge in [-0.15, -0.1) is 0 Å². The number of nitrogens with one attached hydrogen (secondary N) is 1. The fourth-order valence-electron chi connectivity index (χ4n) is 3.50. The van der Waals surface area contributed by atoms with Crippen LogP contribution in [0.5, 0.6) is 11.5 Å². The highest BCUT2D eigenvalue weighted by Gasteiger charge is 2.20. The molecule has 0 saturated heterocycles. The topological polar surface area (TPSA) is 89.1 Å². The Morgan fingerprint density at radius 2 is 1.62 bits per heavy atom. The van der Waals surface area contributed by atoms with Gasteiger partial charge in [0, 0.05) is 7.05 Å². The summed E-state index contributed by atoms with van der Waals surface area (Å²) >= 11 is 0. The Balaban J connectivity index is 1.59. The van der Waals surface area contributed by atoms with Crippen molar-refractivity contribution in [2.45, 2.75) is 6.92 Å². The second-order valence-electron chi connectivity index (χ2n) is 7.55. The normalized spacial score (nSPS) is 11.0. The lowest BCUT2D eigenvalue weighted by Crippen LogP contribution is -2.23. The number of hydrogen-bond acceptors (Lipinski definition) is 4. The number of amides is 1. The smallest absolute Gasteiger partial charge is 0.295 e. The molecule has 7 nitrogen and oxygen atoms in total. The Labute approximate surface area is 196 Å². The van der Waals surface area contributed by atoms with Crippen LogP contribution in [0.25, 0.3) is 11.8 Å². The number of carbonyl (C=O) groups excluding carboxylic acids is 1. The first-order chi connectivity index (χ1) is 16.5. The van der Waals surface area contributed by atoms with Crippen molar-refractivity contribution in [3.05, 3.63) is 112 Å². The minimum atomic E-state index is -0.664. The molecule has 0 spiro atoms. The van der Waals surface area contributed by atoms with Crippen molar-refractivity contribution >= 4 is 17.7 Å². The minimum absolute atomic E-state index is 0.124. The van der Waals surface area contributed by atoms with Gasteiger partial charge in [-0.1, -0.05) is 48.5 Å². The fourth-order valence-corrected chi connectivity index (χ4v) is 3.50. The highest BCUT2D eigenvalue weighted by Crippen LogP contribution is 2.23. The average Bonchev–Trinajstić information content (AvgIpc) is 3.06. The summed E-state index contributed by atoms with van der Waals surface area (Å²) in [7, 11) is 1.73. The van der Waals surface area contributed by atoms with E-state index in [0.717, 1.165) is 0 Å². The SMILES string of the molecule is Cc1c(NC(=O)/C(C#N)=C/c2cccc(Oc3ccccc3)c2)c(=O)n(-c2ccccc2)n1C. The highest BCUT2D eigenvalue weighted by molar-refractivity contribution is 6.09. The molecule has 1 heterocycles. The maximum Gasteiger partial charge on any atom is 0.295 e. The number of para-hydroxylation sites is 2. The molecule has 0 fully saturated rings. The molecule has 4 aromatic rings. The Kier molecular flexibility index (Phi) is 6.42. The molecule has 0 saturated carbocycles. The van der Waals surface area contributed by atoms with Crippen LogP contribution in [0.4, 0.5) is 5.69 Å². The van der Waals surface area contributed by atoms with E-state index >= 15 is 0 Å². The summed E-state index contributed by atoms with van der Waals surface area (Å²) in [5.74, 6) is 0.585. The largest absolute Gasteiger partial charge is 0.457 e. The number of nitrogens with zero attached hydrogens (tertiary/aromatic N) is 3. The molecule has 0 aliphatic carbocycles. The zero-order chi connectivity index (χ0) is 24.1. The Morgan fingerprint density at radius 3 is 2.29 bits per heavy atom. The van der Waals surface area contributed by atoms with Crippen LogP contribution in [0, 0.1) is 18.3 Å². The number of rotatable bonds is 6. The van der Waals surface area contributed by atoms with Gasteiger partial charge in [0.2, 0.25) is 0 Å². The lowest BCUT2D eigenvalue weighted by molar-refractivity contribution is -0.112. The van der Waals surface area contributed by atoms with Crippen molar-refractivity contribution in [3.63, 3.8) is 0 Å². The molecule has 34 heavy (non-hydrogen) atoms. The molecule has 4 rings (SSSR count). The lowest BCUT2D eigenvalue weighted by Gasteiger charge is -2.07. The van der Waals surface area contributed by atoms with Crippen LogP contribution in [0.2, 0.25) is 0 Å². The summed E-state index contributed by atoms with van der Waals surface area (Å²) in [6, 6.07) is 27.4. The number of carbonyl (C=O) groups is 1. The highest BCUT2D eigenvalue weighted by atomic mass is 16.5. The molecule has 0 bridgehead atoms. The van der Waals surface area contributed by atoms with E-state index in [1.165, 1.54) is 10.8 Å². The van der Waals surface area contributed by atoms with Crippen LogP contribution in [0.15, 0.2) is 95.3 Å². The predicted octanol–water partition coefficient (Wildman–Crippen LogP) is 4.82. The number of benzene rings is 3. The maximum atomic E-state index is 13.0. The zero-order valence-electron chi connectivity index (χ0n) is 18.7. The van der Waals surface area contributed by atoms with Gasteiger partial charge >= 0.3 is 0 Å². The number of aromatic nitrogens is 2. The Hall–Kier alpha value is -4.83. The molecule has 7 heteroatoms. The van der Waals surface area contributed by atoms with Gasteiger partial charge in [-0.25, -0.2) is 4.68 Å². The molecule has 1 N–H and O–H groups in total. The third-order valence-electron chi connectivity index (χ3n) is 5.31. The molecule has 0 aliphatic heterocycles. The monoisotopic (exact) mass is 450 g/mol. The van der Waals surface area contributed by atoms with E-state index in [4.69, 9.17) is 4.74 Å². The number of hydrogen-bond donors (Lipinski definition) is 1. The average molecular weight is 450 g/mol. The van der Waals surface area contributed by atoms with Gasteiger partial charge < -0.3 is 10.1 Å². The minimum Gasteiger partial charge on any atom is -0.457 e. The van der Waals surface area contributed by atoms with Gasteiger partial charge in [0.05, 0.1) is 11.4 Å². The second-order valence-corrected chi connectivity index (χ2v) is 7.55. The van der Waals surface area contributed by atoms with Crippen molar-refractivity contribution < 1.29 is 9.53 Å². The molecule has 1 amide bonds. The molecule has 168 valence electrons. The van der Waals surface area contributed by atoms with Crippen molar-refractivity contribution in [3.8, 4) is 23.3 Å². The van der Waals surface area contributed by atoms with Crippen LogP contribution >= 0.6 is 0 Å². The first-order valence-electron chi connectivity index (χ1n) is 10.6. The first-order valence-corrected chi connectivity index (χ1v) is 10.6. The second kappa shape index (κ2) is 9.76. The summed E-state index contributed by atoms with van der Waals surface area (Å²) in [5.41, 5.74) is 1.47. The molecule has 0 atom stereocenters. The van der Waals surface area contributed by atoms with E-state index in [0.29, 0.717) is 28.4 Å². The maximum absolute atomic E-state index is 13.0. The van der Waals surface area contributed by atoms with Gasteiger partial charge in [0.1, 0.15) is 28.8 Å². The molecular weight excluding hydrogens is 428 g/mol. The summed E-state index contributed by atoms with van der Waals surface area (Å²) in [4.78, 5) is 25.9. The molecular formula is C27H22N4O3. The lowest BCUT2D eigenvalue weighted by atomic mass is 10.1. The van der Waals surface area contributed by atoms with Crippen LogP contribution in [0.1, 0.15) is 11.3 Å². The number of nitriles is 1. The Bertz CT molecular complexity index is 1460.